The number of sulfonamides is 1. The largest absolute Gasteiger partial charge is 0.360 e. The molecule has 0 radical (unpaired) electrons. The van der Waals surface area contributed by atoms with E-state index in [0.29, 0.717) is 30.6 Å². The third-order valence-electron chi connectivity index (χ3n) is 3.75. The van der Waals surface area contributed by atoms with E-state index in [0.717, 1.165) is 15.7 Å². The first-order valence-corrected chi connectivity index (χ1v) is 10.1. The second kappa shape index (κ2) is 6.72. The van der Waals surface area contributed by atoms with Crippen LogP contribution in [-0.4, -0.2) is 48.3 Å². The maximum atomic E-state index is 11.7. The number of hydrogen-bond donors (Lipinski definition) is 1. The van der Waals surface area contributed by atoms with E-state index >= 15 is 0 Å². The lowest BCUT2D eigenvalue weighted by Crippen LogP contribution is -2.52. The summed E-state index contributed by atoms with van der Waals surface area (Å²) in [6.45, 7) is 3.49. The lowest BCUT2D eigenvalue weighted by molar-refractivity contribution is 0.212. The van der Waals surface area contributed by atoms with Crippen LogP contribution in [0.15, 0.2) is 24.3 Å². The standard InChI is InChI=1S/C14H17ClN4O2S2/c1-2-23(20,21)19-8-10(9-19)7-16-14-18-17-13(22-14)11-5-3-4-6-12(11)15/h3-6,10H,2,7-9H2,1H3,(H,16,18). The zero-order valence-corrected chi connectivity index (χ0v) is 15.0. The lowest BCUT2D eigenvalue weighted by Gasteiger charge is -2.37. The SMILES string of the molecule is CCS(=O)(=O)N1CC(CNc2nnc(-c3ccccc3Cl)s2)C1. The third-order valence-corrected chi connectivity index (χ3v) is 6.81. The molecule has 1 aromatic carbocycles. The molecule has 0 amide bonds. The minimum Gasteiger partial charge on any atom is -0.360 e. The highest BCUT2D eigenvalue weighted by Crippen LogP contribution is 2.31. The highest BCUT2D eigenvalue weighted by molar-refractivity contribution is 7.89. The Bertz CT molecular complexity index is 788. The molecule has 3 rings (SSSR count). The summed E-state index contributed by atoms with van der Waals surface area (Å²) in [6.07, 6.45) is 0. The van der Waals surface area contributed by atoms with Crippen LogP contribution in [0.1, 0.15) is 6.92 Å². The predicted molar refractivity (Wildman–Crippen MR) is 93.4 cm³/mol. The van der Waals surface area contributed by atoms with Gasteiger partial charge in [0.2, 0.25) is 15.2 Å². The van der Waals surface area contributed by atoms with Crippen molar-refractivity contribution < 1.29 is 8.42 Å². The Labute approximate surface area is 144 Å². The molecule has 0 atom stereocenters. The summed E-state index contributed by atoms with van der Waals surface area (Å²) in [5, 5.41) is 13.6. The normalized spacial score (nSPS) is 16.3. The van der Waals surface area contributed by atoms with Crippen molar-refractivity contribution in [1.82, 2.24) is 14.5 Å². The summed E-state index contributed by atoms with van der Waals surface area (Å²) in [5.41, 5.74) is 0.864. The van der Waals surface area contributed by atoms with E-state index in [1.165, 1.54) is 15.6 Å². The monoisotopic (exact) mass is 372 g/mol. The number of rotatable bonds is 6. The van der Waals surface area contributed by atoms with Crippen LogP contribution in [0.4, 0.5) is 5.13 Å². The van der Waals surface area contributed by atoms with Crippen molar-refractivity contribution in [3.05, 3.63) is 29.3 Å². The number of nitrogens with one attached hydrogen (secondary N) is 1. The van der Waals surface area contributed by atoms with Gasteiger partial charge in [-0.2, -0.15) is 0 Å². The second-order valence-electron chi connectivity index (χ2n) is 5.36. The van der Waals surface area contributed by atoms with Gasteiger partial charge in [-0.1, -0.05) is 41.1 Å². The molecule has 1 aromatic heterocycles. The molecule has 1 N–H and O–H groups in total. The zero-order valence-electron chi connectivity index (χ0n) is 12.6. The number of benzene rings is 1. The van der Waals surface area contributed by atoms with Crippen LogP contribution >= 0.6 is 22.9 Å². The van der Waals surface area contributed by atoms with Crippen LogP contribution in [0, 0.1) is 5.92 Å². The summed E-state index contributed by atoms with van der Waals surface area (Å²) >= 11 is 7.59. The minimum atomic E-state index is -3.05. The molecular weight excluding hydrogens is 356 g/mol. The van der Waals surface area contributed by atoms with Gasteiger partial charge in [0, 0.05) is 31.1 Å². The fraction of sp³-hybridized carbons (Fsp3) is 0.429. The van der Waals surface area contributed by atoms with Gasteiger partial charge in [0.05, 0.1) is 10.8 Å². The van der Waals surface area contributed by atoms with Crippen molar-refractivity contribution in [2.75, 3.05) is 30.7 Å². The van der Waals surface area contributed by atoms with Crippen LogP contribution in [0.3, 0.4) is 0 Å². The predicted octanol–water partition coefficient (Wildman–Crippen LogP) is 2.55. The quantitative estimate of drug-likeness (QED) is 0.843. The maximum absolute atomic E-state index is 11.7. The Morgan fingerprint density at radius 3 is 2.78 bits per heavy atom. The van der Waals surface area contributed by atoms with Crippen molar-refractivity contribution in [1.29, 1.82) is 0 Å². The summed E-state index contributed by atoms with van der Waals surface area (Å²) in [5.74, 6) is 0.467. The molecular formula is C14H17ClN4O2S2. The molecule has 124 valence electrons. The summed E-state index contributed by atoms with van der Waals surface area (Å²) in [4.78, 5) is 0. The second-order valence-corrected chi connectivity index (χ2v) is 9.00. The molecule has 0 aliphatic carbocycles. The Morgan fingerprint density at radius 2 is 2.09 bits per heavy atom. The van der Waals surface area contributed by atoms with Crippen LogP contribution in [0.25, 0.3) is 10.6 Å². The number of halogens is 1. The highest BCUT2D eigenvalue weighted by Gasteiger charge is 2.34. The van der Waals surface area contributed by atoms with Crippen LogP contribution in [0.2, 0.25) is 5.02 Å². The van der Waals surface area contributed by atoms with E-state index in [4.69, 9.17) is 11.6 Å². The van der Waals surface area contributed by atoms with Gasteiger partial charge in [-0.15, -0.1) is 10.2 Å². The van der Waals surface area contributed by atoms with Crippen LogP contribution < -0.4 is 5.32 Å². The molecule has 23 heavy (non-hydrogen) atoms. The first-order valence-electron chi connectivity index (χ1n) is 7.29. The molecule has 1 fully saturated rings. The van der Waals surface area contributed by atoms with E-state index in [2.05, 4.69) is 15.5 Å². The molecule has 1 aliphatic rings. The van der Waals surface area contributed by atoms with Gasteiger partial charge in [0.15, 0.2) is 5.01 Å². The number of hydrogen-bond acceptors (Lipinski definition) is 6. The van der Waals surface area contributed by atoms with E-state index in [-0.39, 0.29) is 5.75 Å². The number of nitrogens with zero attached hydrogens (tertiary/aromatic N) is 3. The maximum Gasteiger partial charge on any atom is 0.213 e. The molecule has 0 spiro atoms. The number of aromatic nitrogens is 2. The summed E-state index contributed by atoms with van der Waals surface area (Å²) in [7, 11) is -3.05. The first kappa shape index (κ1) is 16.6. The Hall–Kier alpha value is -1.22. The molecule has 0 bridgehead atoms. The van der Waals surface area contributed by atoms with E-state index in [9.17, 15) is 8.42 Å². The molecule has 9 heteroatoms. The first-order chi connectivity index (χ1) is 11.0. The van der Waals surface area contributed by atoms with Crippen molar-refractivity contribution in [2.24, 2.45) is 5.92 Å². The molecule has 0 saturated carbocycles. The topological polar surface area (TPSA) is 75.2 Å². The van der Waals surface area contributed by atoms with E-state index < -0.39 is 10.0 Å². The molecule has 1 saturated heterocycles. The fourth-order valence-corrected chi connectivity index (χ4v) is 4.64. The molecule has 1 aliphatic heterocycles. The summed E-state index contributed by atoms with van der Waals surface area (Å²) in [6, 6.07) is 7.51. The molecule has 6 nitrogen and oxygen atoms in total. The zero-order chi connectivity index (χ0) is 16.4. The van der Waals surface area contributed by atoms with Gasteiger partial charge in [-0.25, -0.2) is 12.7 Å². The van der Waals surface area contributed by atoms with Crippen molar-refractivity contribution in [3.8, 4) is 10.6 Å². The average molecular weight is 373 g/mol. The fourth-order valence-electron chi connectivity index (χ4n) is 2.33. The van der Waals surface area contributed by atoms with Gasteiger partial charge in [-0.05, 0) is 13.0 Å². The minimum absolute atomic E-state index is 0.157. The smallest absolute Gasteiger partial charge is 0.213 e. The van der Waals surface area contributed by atoms with Gasteiger partial charge in [0.25, 0.3) is 0 Å². The van der Waals surface area contributed by atoms with Gasteiger partial charge >= 0.3 is 0 Å². The third kappa shape index (κ3) is 3.65. The number of anilines is 1. The van der Waals surface area contributed by atoms with Crippen LogP contribution in [0.5, 0.6) is 0 Å². The van der Waals surface area contributed by atoms with Gasteiger partial charge in [-0.3, -0.25) is 0 Å². The average Bonchev–Trinajstić information content (AvgIpc) is 2.94. The van der Waals surface area contributed by atoms with Crippen molar-refractivity contribution in [3.63, 3.8) is 0 Å². The van der Waals surface area contributed by atoms with Crippen molar-refractivity contribution in [2.45, 2.75) is 6.92 Å². The Morgan fingerprint density at radius 1 is 1.35 bits per heavy atom. The Kier molecular flexibility index (Phi) is 4.86. The molecule has 2 aromatic rings. The van der Waals surface area contributed by atoms with Crippen LogP contribution in [-0.2, 0) is 10.0 Å². The molecule has 0 unspecified atom stereocenters. The Balaban J connectivity index is 1.54. The van der Waals surface area contributed by atoms with E-state index in [1.54, 1.807) is 6.92 Å². The van der Waals surface area contributed by atoms with Crippen molar-refractivity contribution >= 4 is 38.1 Å². The van der Waals surface area contributed by atoms with E-state index in [1.807, 2.05) is 24.3 Å². The lowest BCUT2D eigenvalue weighted by atomic mass is 10.0. The highest BCUT2D eigenvalue weighted by atomic mass is 35.5. The van der Waals surface area contributed by atoms with Gasteiger partial charge in [0.1, 0.15) is 0 Å². The molecule has 2 heterocycles. The summed E-state index contributed by atoms with van der Waals surface area (Å²) < 4.78 is 24.9. The van der Waals surface area contributed by atoms with Gasteiger partial charge < -0.3 is 5.32 Å².